The predicted octanol–water partition coefficient (Wildman–Crippen LogP) is 7.24. The average molecular weight is 422 g/mol. The van der Waals surface area contributed by atoms with Crippen molar-refractivity contribution in [2.45, 2.75) is 96.8 Å². The maximum atomic E-state index is 13.2. The molecule has 3 rings (SSSR count). The van der Waals surface area contributed by atoms with E-state index >= 15 is 0 Å². The predicted molar refractivity (Wildman–Crippen MR) is 114 cm³/mol. The first-order chi connectivity index (χ1) is 14.6. The zero-order chi connectivity index (χ0) is 21.3. The molecule has 0 spiro atoms. The molecule has 0 bridgehead atoms. The Balaban J connectivity index is 1.34. The number of carbonyl (C=O) groups excluding carboxylic acids is 1. The highest BCUT2D eigenvalue weighted by Gasteiger charge is 2.33. The first-order valence-electron chi connectivity index (χ1n) is 12.1. The van der Waals surface area contributed by atoms with Gasteiger partial charge in [-0.05, 0) is 56.3 Å². The van der Waals surface area contributed by atoms with Crippen LogP contribution in [0.3, 0.4) is 0 Å². The van der Waals surface area contributed by atoms with E-state index in [1.54, 1.807) is 0 Å². The Morgan fingerprint density at radius 3 is 2.23 bits per heavy atom. The Bertz CT molecular complexity index is 665. The maximum Gasteiger partial charge on any atom is 0.314 e. The van der Waals surface area contributed by atoms with Gasteiger partial charge in [-0.3, -0.25) is 4.79 Å². The van der Waals surface area contributed by atoms with E-state index in [0.29, 0.717) is 0 Å². The van der Waals surface area contributed by atoms with Crippen molar-refractivity contribution < 1.29 is 18.3 Å². The fraction of sp³-hybridized carbons (Fsp3) is 0.760. The highest BCUT2D eigenvalue weighted by atomic mass is 19.2. The van der Waals surface area contributed by atoms with Gasteiger partial charge in [-0.2, -0.15) is 4.39 Å². The van der Waals surface area contributed by atoms with Crippen LogP contribution in [0.1, 0.15) is 96.8 Å². The lowest BCUT2D eigenvalue weighted by molar-refractivity contribution is -0.140. The molecule has 168 valence electrons. The summed E-state index contributed by atoms with van der Waals surface area (Å²) in [6.45, 7) is 2.27. The second-order valence-electron chi connectivity index (χ2n) is 9.46. The van der Waals surface area contributed by atoms with Crippen LogP contribution in [0.5, 0.6) is 5.75 Å². The minimum Gasteiger partial charge on any atom is -0.425 e. The lowest BCUT2D eigenvalue weighted by Gasteiger charge is -2.37. The number of unbranched alkanes of at least 4 members (excludes halogenated alkanes) is 4. The van der Waals surface area contributed by atoms with Crippen LogP contribution in [0.15, 0.2) is 12.3 Å². The fourth-order valence-corrected chi connectivity index (χ4v) is 5.47. The van der Waals surface area contributed by atoms with Crippen molar-refractivity contribution in [3.8, 4) is 5.75 Å². The van der Waals surface area contributed by atoms with Gasteiger partial charge in [-0.1, -0.05) is 58.3 Å². The molecule has 0 N–H and O–H groups in total. The number of carbonyl (C=O) groups is 1. The largest absolute Gasteiger partial charge is 0.425 e. The number of hydrogen-bond acceptors (Lipinski definition) is 3. The van der Waals surface area contributed by atoms with Crippen LogP contribution >= 0.6 is 0 Å². The van der Waals surface area contributed by atoms with Gasteiger partial charge in [0.05, 0.1) is 12.1 Å². The second kappa shape index (κ2) is 11.8. The molecule has 0 atom stereocenters. The minimum atomic E-state index is -1.18. The highest BCUT2D eigenvalue weighted by Crippen LogP contribution is 2.42. The molecular formula is C25H37F2NO2. The second-order valence-corrected chi connectivity index (χ2v) is 9.46. The van der Waals surface area contributed by atoms with E-state index in [1.165, 1.54) is 64.2 Å². The Morgan fingerprint density at radius 1 is 0.967 bits per heavy atom. The molecule has 1 aromatic heterocycles. The molecule has 0 amide bonds. The van der Waals surface area contributed by atoms with Crippen LogP contribution in [0.4, 0.5) is 8.78 Å². The summed E-state index contributed by atoms with van der Waals surface area (Å²) in [5, 5.41) is 0. The molecule has 1 aromatic rings. The highest BCUT2D eigenvalue weighted by molar-refractivity contribution is 5.75. The SMILES string of the molecule is CCCCCCC[C@H]1CC[C@H](C2CCC(C(=O)Oc3cnc(F)c(F)c3)CC2)CC1. The van der Waals surface area contributed by atoms with Gasteiger partial charge in [-0.25, -0.2) is 9.37 Å². The van der Waals surface area contributed by atoms with Crippen molar-refractivity contribution in [3.05, 3.63) is 24.0 Å². The van der Waals surface area contributed by atoms with Gasteiger partial charge in [0.1, 0.15) is 0 Å². The Labute approximate surface area is 180 Å². The standard InChI is InChI=1S/C25H37F2NO2/c1-2-3-4-5-6-7-18-8-10-19(11-9-18)20-12-14-21(15-13-20)25(29)30-22-16-23(26)24(27)28-17-22/h16-21H,2-15H2,1H3/t18-,19-,20?,21?. The minimum absolute atomic E-state index is 0.0194. The molecule has 2 fully saturated rings. The summed E-state index contributed by atoms with van der Waals surface area (Å²) in [4.78, 5) is 15.7. The number of nitrogens with zero attached hydrogens (tertiary/aromatic N) is 1. The smallest absolute Gasteiger partial charge is 0.314 e. The molecule has 30 heavy (non-hydrogen) atoms. The van der Waals surface area contributed by atoms with Crippen molar-refractivity contribution >= 4 is 5.97 Å². The number of rotatable bonds is 9. The monoisotopic (exact) mass is 421 g/mol. The van der Waals surface area contributed by atoms with Crippen LogP contribution in [0, 0.1) is 35.4 Å². The summed E-state index contributed by atoms with van der Waals surface area (Å²) < 4.78 is 31.4. The zero-order valence-electron chi connectivity index (χ0n) is 18.4. The molecule has 0 unspecified atom stereocenters. The number of halogens is 2. The number of pyridine rings is 1. The summed E-state index contributed by atoms with van der Waals surface area (Å²) in [5.41, 5.74) is 0. The Hall–Kier alpha value is -1.52. The van der Waals surface area contributed by atoms with Crippen molar-refractivity contribution in [2.75, 3.05) is 0 Å². The van der Waals surface area contributed by atoms with E-state index in [-0.39, 0.29) is 17.6 Å². The normalized spacial score (nSPS) is 27.0. The lowest BCUT2D eigenvalue weighted by Crippen LogP contribution is -2.30. The molecule has 2 aliphatic rings. The first-order valence-corrected chi connectivity index (χ1v) is 12.1. The van der Waals surface area contributed by atoms with Crippen LogP contribution < -0.4 is 4.74 Å². The third-order valence-corrected chi connectivity index (χ3v) is 7.37. The van der Waals surface area contributed by atoms with Gasteiger partial charge >= 0.3 is 5.97 Å². The molecule has 2 aliphatic carbocycles. The molecule has 0 aromatic carbocycles. The third kappa shape index (κ3) is 6.75. The lowest BCUT2D eigenvalue weighted by atomic mass is 9.68. The third-order valence-electron chi connectivity index (χ3n) is 7.37. The number of ether oxygens (including phenoxy) is 1. The fourth-order valence-electron chi connectivity index (χ4n) is 5.47. The number of esters is 1. The molecule has 0 aliphatic heterocycles. The van der Waals surface area contributed by atoms with Crippen LogP contribution in [0.25, 0.3) is 0 Å². The molecule has 2 saturated carbocycles. The van der Waals surface area contributed by atoms with Gasteiger partial charge in [-0.15, -0.1) is 0 Å². The van der Waals surface area contributed by atoms with Crippen LogP contribution in [0.2, 0.25) is 0 Å². The van der Waals surface area contributed by atoms with Gasteiger partial charge in [0, 0.05) is 6.07 Å². The summed E-state index contributed by atoms with van der Waals surface area (Å²) in [6, 6.07) is 0.883. The van der Waals surface area contributed by atoms with Crippen LogP contribution in [-0.2, 0) is 4.79 Å². The Kier molecular flexibility index (Phi) is 9.07. The Morgan fingerprint density at radius 2 is 1.60 bits per heavy atom. The van der Waals surface area contributed by atoms with Crippen LogP contribution in [-0.4, -0.2) is 11.0 Å². The van der Waals surface area contributed by atoms with E-state index in [2.05, 4.69) is 11.9 Å². The van der Waals surface area contributed by atoms with E-state index in [9.17, 15) is 13.6 Å². The van der Waals surface area contributed by atoms with Crippen molar-refractivity contribution in [1.82, 2.24) is 4.98 Å². The molecule has 3 nitrogen and oxygen atoms in total. The number of hydrogen-bond donors (Lipinski definition) is 0. The summed E-state index contributed by atoms with van der Waals surface area (Å²) in [6.07, 6.45) is 18.6. The van der Waals surface area contributed by atoms with Crippen molar-refractivity contribution in [1.29, 1.82) is 0 Å². The molecule has 0 radical (unpaired) electrons. The summed E-state index contributed by atoms with van der Waals surface area (Å²) in [7, 11) is 0. The molecule has 1 heterocycles. The summed E-state index contributed by atoms with van der Waals surface area (Å²) >= 11 is 0. The van der Waals surface area contributed by atoms with E-state index in [1.807, 2.05) is 0 Å². The molecule has 0 saturated heterocycles. The van der Waals surface area contributed by atoms with Crippen molar-refractivity contribution in [2.24, 2.45) is 23.7 Å². The maximum absolute atomic E-state index is 13.2. The topological polar surface area (TPSA) is 39.2 Å². The van der Waals surface area contributed by atoms with E-state index < -0.39 is 11.8 Å². The average Bonchev–Trinajstić information content (AvgIpc) is 2.77. The number of aromatic nitrogens is 1. The van der Waals surface area contributed by atoms with Gasteiger partial charge < -0.3 is 4.74 Å². The summed E-state index contributed by atoms with van der Waals surface area (Å²) in [5.74, 6) is -0.310. The quantitative estimate of drug-likeness (QED) is 0.240. The molecule has 5 heteroatoms. The van der Waals surface area contributed by atoms with Crippen molar-refractivity contribution in [3.63, 3.8) is 0 Å². The van der Waals surface area contributed by atoms with E-state index in [0.717, 1.165) is 55.7 Å². The zero-order valence-corrected chi connectivity index (χ0v) is 18.4. The van der Waals surface area contributed by atoms with Gasteiger partial charge in [0.25, 0.3) is 0 Å². The van der Waals surface area contributed by atoms with E-state index in [4.69, 9.17) is 4.74 Å². The molecular weight excluding hydrogens is 384 g/mol. The van der Waals surface area contributed by atoms with Gasteiger partial charge in [0.2, 0.25) is 5.95 Å². The van der Waals surface area contributed by atoms with Gasteiger partial charge in [0.15, 0.2) is 11.6 Å². The first kappa shape index (κ1) is 23.1.